The van der Waals surface area contributed by atoms with E-state index in [0.717, 1.165) is 0 Å². The number of rotatable bonds is 15. The summed E-state index contributed by atoms with van der Waals surface area (Å²) < 4.78 is 0. The second kappa shape index (κ2) is 14.8. The SMILES string of the molecule is CC(C)CC(NC(=O)C(Cc1ccccc1)NC(=O)C(N)C(C)O)C(=O)NC(CCC(=O)O)C(=O)O. The number of aliphatic carboxylic acids is 2. The standard InChI is InChI=1S/C24H36N4O8/c1-13(2)11-17(21(32)26-16(24(35)36)9-10-19(30)31)27-22(33)18(12-15-7-5-4-6-8-15)28-23(34)20(25)14(3)29/h4-8,13-14,16-18,20,29H,9-12,25H2,1-3H3,(H,26,32)(H,27,33)(H,28,34)(H,30,31)(H,35,36). The molecule has 0 spiro atoms. The van der Waals surface area contributed by atoms with Crippen LogP contribution in [0.3, 0.4) is 0 Å². The summed E-state index contributed by atoms with van der Waals surface area (Å²) in [5.41, 5.74) is 6.41. The number of nitrogens with two attached hydrogens (primary N) is 1. The molecular formula is C24H36N4O8. The van der Waals surface area contributed by atoms with Gasteiger partial charge in [-0.05, 0) is 31.2 Å². The summed E-state index contributed by atoms with van der Waals surface area (Å²) in [6, 6.07) is 3.77. The fraction of sp³-hybridized carbons (Fsp3) is 0.542. The summed E-state index contributed by atoms with van der Waals surface area (Å²) in [5.74, 6) is -4.94. The van der Waals surface area contributed by atoms with Gasteiger partial charge in [0.25, 0.3) is 0 Å². The lowest BCUT2D eigenvalue weighted by molar-refractivity contribution is -0.143. The van der Waals surface area contributed by atoms with Crippen molar-refractivity contribution in [2.75, 3.05) is 0 Å². The van der Waals surface area contributed by atoms with Crippen LogP contribution >= 0.6 is 0 Å². The zero-order chi connectivity index (χ0) is 27.4. The van der Waals surface area contributed by atoms with Crippen molar-refractivity contribution in [2.24, 2.45) is 11.7 Å². The minimum atomic E-state index is -1.45. The van der Waals surface area contributed by atoms with E-state index in [1.54, 1.807) is 44.2 Å². The van der Waals surface area contributed by atoms with Crippen LogP contribution in [0.4, 0.5) is 0 Å². The van der Waals surface area contributed by atoms with Crippen LogP contribution in [0.2, 0.25) is 0 Å². The topological polar surface area (TPSA) is 208 Å². The second-order valence-electron chi connectivity index (χ2n) is 9.04. The third-order valence-electron chi connectivity index (χ3n) is 5.34. The summed E-state index contributed by atoms with van der Waals surface area (Å²) in [6.07, 6.45) is -1.74. The first-order valence-electron chi connectivity index (χ1n) is 11.6. The number of hydrogen-bond donors (Lipinski definition) is 7. The largest absolute Gasteiger partial charge is 0.481 e. The highest BCUT2D eigenvalue weighted by atomic mass is 16.4. The number of hydrogen-bond acceptors (Lipinski definition) is 7. The number of carboxylic acids is 2. The molecule has 0 aliphatic rings. The van der Waals surface area contributed by atoms with E-state index in [4.69, 9.17) is 10.8 Å². The first kappa shape index (κ1) is 30.5. The maximum absolute atomic E-state index is 13.2. The monoisotopic (exact) mass is 508 g/mol. The van der Waals surface area contributed by atoms with E-state index < -0.39 is 66.4 Å². The highest BCUT2D eigenvalue weighted by molar-refractivity contribution is 5.94. The molecule has 0 saturated heterocycles. The zero-order valence-electron chi connectivity index (χ0n) is 20.6. The van der Waals surface area contributed by atoms with Crippen molar-refractivity contribution in [1.82, 2.24) is 16.0 Å². The maximum Gasteiger partial charge on any atom is 0.326 e. The maximum atomic E-state index is 13.2. The Labute approximate surface area is 209 Å². The molecule has 0 radical (unpaired) electrons. The van der Waals surface area contributed by atoms with Crippen molar-refractivity contribution >= 4 is 29.7 Å². The van der Waals surface area contributed by atoms with Crippen LogP contribution in [0.1, 0.15) is 45.6 Å². The molecule has 8 N–H and O–H groups in total. The number of amides is 3. The van der Waals surface area contributed by atoms with Crippen LogP contribution in [-0.4, -0.2) is 75.3 Å². The summed E-state index contributed by atoms with van der Waals surface area (Å²) >= 11 is 0. The molecule has 0 saturated carbocycles. The Morgan fingerprint density at radius 2 is 1.36 bits per heavy atom. The molecule has 3 amide bonds. The van der Waals surface area contributed by atoms with Gasteiger partial charge < -0.3 is 37.0 Å². The highest BCUT2D eigenvalue weighted by Gasteiger charge is 2.31. The Kier molecular flexibility index (Phi) is 12.5. The fourth-order valence-electron chi connectivity index (χ4n) is 3.32. The van der Waals surface area contributed by atoms with Gasteiger partial charge in [0.2, 0.25) is 17.7 Å². The third kappa shape index (κ3) is 10.8. The van der Waals surface area contributed by atoms with Gasteiger partial charge in [0.05, 0.1) is 6.10 Å². The molecule has 0 aliphatic heterocycles. The van der Waals surface area contributed by atoms with Gasteiger partial charge in [-0.3, -0.25) is 19.2 Å². The van der Waals surface area contributed by atoms with Crippen LogP contribution < -0.4 is 21.7 Å². The molecule has 1 aromatic carbocycles. The van der Waals surface area contributed by atoms with E-state index in [-0.39, 0.29) is 25.2 Å². The number of carbonyl (C=O) groups excluding carboxylic acids is 3. The summed E-state index contributed by atoms with van der Waals surface area (Å²) in [7, 11) is 0. The first-order chi connectivity index (χ1) is 16.8. The number of aliphatic hydroxyl groups excluding tert-OH is 1. The molecule has 5 unspecified atom stereocenters. The third-order valence-corrected chi connectivity index (χ3v) is 5.34. The van der Waals surface area contributed by atoms with E-state index in [2.05, 4.69) is 16.0 Å². The molecule has 200 valence electrons. The number of carboxylic acid groups (broad SMARTS) is 2. The van der Waals surface area contributed by atoms with Crippen molar-refractivity contribution in [2.45, 2.75) is 76.7 Å². The van der Waals surface area contributed by atoms with Gasteiger partial charge in [0.1, 0.15) is 24.2 Å². The van der Waals surface area contributed by atoms with Crippen molar-refractivity contribution in [3.63, 3.8) is 0 Å². The number of nitrogens with one attached hydrogen (secondary N) is 3. The Morgan fingerprint density at radius 3 is 1.86 bits per heavy atom. The molecule has 0 aliphatic carbocycles. The van der Waals surface area contributed by atoms with Crippen molar-refractivity contribution in [1.29, 1.82) is 0 Å². The molecule has 1 rings (SSSR count). The number of benzene rings is 1. The average Bonchev–Trinajstić information content (AvgIpc) is 2.79. The van der Waals surface area contributed by atoms with Crippen molar-refractivity contribution < 1.29 is 39.3 Å². The molecule has 0 bridgehead atoms. The van der Waals surface area contributed by atoms with Crippen LogP contribution in [0.15, 0.2) is 30.3 Å². The quantitative estimate of drug-likeness (QED) is 0.161. The van der Waals surface area contributed by atoms with Gasteiger partial charge in [-0.1, -0.05) is 44.2 Å². The lowest BCUT2D eigenvalue weighted by Crippen LogP contribution is -2.58. The van der Waals surface area contributed by atoms with Gasteiger partial charge in [0, 0.05) is 12.8 Å². The Hall–Kier alpha value is -3.51. The van der Waals surface area contributed by atoms with Crippen LogP contribution in [0.25, 0.3) is 0 Å². The predicted molar refractivity (Wildman–Crippen MR) is 130 cm³/mol. The van der Waals surface area contributed by atoms with Crippen molar-refractivity contribution in [3.05, 3.63) is 35.9 Å². The molecule has 12 heteroatoms. The summed E-state index contributed by atoms with van der Waals surface area (Å²) in [6.45, 7) is 4.94. The highest BCUT2D eigenvalue weighted by Crippen LogP contribution is 2.09. The molecule has 0 aromatic heterocycles. The van der Waals surface area contributed by atoms with Gasteiger partial charge >= 0.3 is 11.9 Å². The predicted octanol–water partition coefficient (Wildman–Crippen LogP) is -0.613. The molecule has 36 heavy (non-hydrogen) atoms. The fourth-order valence-corrected chi connectivity index (χ4v) is 3.32. The number of carbonyl (C=O) groups is 5. The van der Waals surface area contributed by atoms with E-state index in [9.17, 15) is 34.2 Å². The van der Waals surface area contributed by atoms with Gasteiger partial charge in [-0.25, -0.2) is 4.79 Å². The smallest absolute Gasteiger partial charge is 0.326 e. The Balaban J connectivity index is 3.09. The van der Waals surface area contributed by atoms with E-state index in [1.165, 1.54) is 6.92 Å². The Morgan fingerprint density at radius 1 is 0.833 bits per heavy atom. The molecule has 0 heterocycles. The first-order valence-corrected chi connectivity index (χ1v) is 11.6. The zero-order valence-corrected chi connectivity index (χ0v) is 20.6. The second-order valence-corrected chi connectivity index (χ2v) is 9.04. The minimum Gasteiger partial charge on any atom is -0.481 e. The van der Waals surface area contributed by atoms with Gasteiger partial charge in [-0.15, -0.1) is 0 Å². The number of aliphatic hydroxyl groups is 1. The van der Waals surface area contributed by atoms with Crippen LogP contribution in [0.5, 0.6) is 0 Å². The molecular weight excluding hydrogens is 472 g/mol. The minimum absolute atomic E-state index is 0.0668. The lowest BCUT2D eigenvalue weighted by Gasteiger charge is -2.26. The molecule has 5 atom stereocenters. The van der Waals surface area contributed by atoms with E-state index >= 15 is 0 Å². The summed E-state index contributed by atoms with van der Waals surface area (Å²) in [5, 5.41) is 35.2. The lowest BCUT2D eigenvalue weighted by atomic mass is 10.00. The molecule has 0 fully saturated rings. The molecule has 12 nitrogen and oxygen atoms in total. The van der Waals surface area contributed by atoms with E-state index in [1.807, 2.05) is 0 Å². The van der Waals surface area contributed by atoms with E-state index in [0.29, 0.717) is 5.56 Å². The van der Waals surface area contributed by atoms with Gasteiger partial charge in [0.15, 0.2) is 0 Å². The van der Waals surface area contributed by atoms with Crippen molar-refractivity contribution in [3.8, 4) is 0 Å². The molecule has 1 aromatic rings. The average molecular weight is 509 g/mol. The van der Waals surface area contributed by atoms with Crippen LogP contribution in [-0.2, 0) is 30.4 Å². The normalized spacial score (nSPS) is 15.2. The van der Waals surface area contributed by atoms with Gasteiger partial charge in [-0.2, -0.15) is 0 Å². The summed E-state index contributed by atoms with van der Waals surface area (Å²) in [4.78, 5) is 60.9. The Bertz CT molecular complexity index is 907. The van der Waals surface area contributed by atoms with Crippen LogP contribution in [0, 0.1) is 5.92 Å².